The minimum absolute atomic E-state index is 0.297. The van der Waals surface area contributed by atoms with Crippen LogP contribution < -0.4 is 14.8 Å². The van der Waals surface area contributed by atoms with Gasteiger partial charge in [-0.25, -0.2) is 9.78 Å². The van der Waals surface area contributed by atoms with Gasteiger partial charge in [-0.2, -0.15) is 0 Å². The third kappa shape index (κ3) is 3.06. The topological polar surface area (TPSA) is 86.8 Å². The molecular formula is C18H14N2O5S. The Morgan fingerprint density at radius 1 is 1.08 bits per heavy atom. The summed E-state index contributed by atoms with van der Waals surface area (Å²) in [6.45, 7) is 0.955. The average molecular weight is 370 g/mol. The molecule has 1 N–H and O–H groups in total. The molecule has 0 fully saturated rings. The Balaban J connectivity index is 1.56. The first kappa shape index (κ1) is 16.3. The van der Waals surface area contributed by atoms with E-state index in [0.29, 0.717) is 46.5 Å². The van der Waals surface area contributed by atoms with Crippen LogP contribution >= 0.6 is 11.3 Å². The molecule has 0 atom stereocenters. The van der Waals surface area contributed by atoms with Gasteiger partial charge < -0.3 is 14.2 Å². The number of esters is 1. The molecule has 1 aliphatic heterocycles. The number of hydrogen-bond acceptors (Lipinski definition) is 7. The SMILES string of the molecule is COC(=O)c1ccc2nc(NC(=O)c3ccc4c(c3)OCCO4)sc2c1. The number of ether oxygens (including phenoxy) is 3. The zero-order chi connectivity index (χ0) is 18.1. The molecule has 132 valence electrons. The molecule has 26 heavy (non-hydrogen) atoms. The summed E-state index contributed by atoms with van der Waals surface area (Å²) in [5.74, 6) is 0.468. The van der Waals surface area contributed by atoms with Crippen LogP contribution in [0.2, 0.25) is 0 Å². The van der Waals surface area contributed by atoms with Gasteiger partial charge in [-0.1, -0.05) is 11.3 Å². The van der Waals surface area contributed by atoms with Crippen LogP contribution in [-0.2, 0) is 4.74 Å². The van der Waals surface area contributed by atoms with Crippen molar-refractivity contribution in [2.75, 3.05) is 25.6 Å². The summed E-state index contributed by atoms with van der Waals surface area (Å²) >= 11 is 1.28. The summed E-state index contributed by atoms with van der Waals surface area (Å²) in [6.07, 6.45) is 0. The van der Waals surface area contributed by atoms with Crippen molar-refractivity contribution in [1.82, 2.24) is 4.98 Å². The summed E-state index contributed by atoms with van der Waals surface area (Å²) < 4.78 is 16.4. The van der Waals surface area contributed by atoms with E-state index in [9.17, 15) is 9.59 Å². The van der Waals surface area contributed by atoms with Gasteiger partial charge in [-0.15, -0.1) is 0 Å². The van der Waals surface area contributed by atoms with E-state index in [0.717, 1.165) is 4.70 Å². The van der Waals surface area contributed by atoms with Crippen molar-refractivity contribution < 1.29 is 23.8 Å². The van der Waals surface area contributed by atoms with Crippen molar-refractivity contribution in [3.63, 3.8) is 0 Å². The highest BCUT2D eigenvalue weighted by molar-refractivity contribution is 7.22. The first-order chi connectivity index (χ1) is 12.6. The molecule has 0 aliphatic carbocycles. The molecule has 2 heterocycles. The maximum absolute atomic E-state index is 12.5. The number of carbonyl (C=O) groups excluding carboxylic acids is 2. The molecule has 4 rings (SSSR count). The normalized spacial score (nSPS) is 12.7. The maximum Gasteiger partial charge on any atom is 0.337 e. The lowest BCUT2D eigenvalue weighted by molar-refractivity contribution is 0.0601. The molecule has 0 bridgehead atoms. The highest BCUT2D eigenvalue weighted by Crippen LogP contribution is 2.32. The van der Waals surface area contributed by atoms with Crippen LogP contribution in [0.15, 0.2) is 36.4 Å². The summed E-state index contributed by atoms with van der Waals surface area (Å²) in [4.78, 5) is 28.5. The lowest BCUT2D eigenvalue weighted by Crippen LogP contribution is -2.17. The quantitative estimate of drug-likeness (QED) is 0.713. The Bertz CT molecular complexity index is 1010. The zero-order valence-electron chi connectivity index (χ0n) is 13.8. The van der Waals surface area contributed by atoms with E-state index in [4.69, 9.17) is 14.2 Å². The average Bonchev–Trinajstić information content (AvgIpc) is 3.08. The largest absolute Gasteiger partial charge is 0.486 e. The number of rotatable bonds is 3. The molecule has 1 aromatic heterocycles. The highest BCUT2D eigenvalue weighted by Gasteiger charge is 2.16. The van der Waals surface area contributed by atoms with E-state index in [1.54, 1.807) is 36.4 Å². The molecule has 0 saturated carbocycles. The third-order valence-corrected chi connectivity index (χ3v) is 4.77. The Morgan fingerprint density at radius 2 is 1.85 bits per heavy atom. The van der Waals surface area contributed by atoms with E-state index in [-0.39, 0.29) is 5.91 Å². The number of hydrogen-bond donors (Lipinski definition) is 1. The smallest absolute Gasteiger partial charge is 0.337 e. The number of nitrogens with zero attached hydrogens (tertiary/aromatic N) is 1. The second kappa shape index (κ2) is 6.64. The minimum atomic E-state index is -0.415. The Hall–Kier alpha value is -3.13. The predicted molar refractivity (Wildman–Crippen MR) is 96.3 cm³/mol. The minimum Gasteiger partial charge on any atom is -0.486 e. The second-order valence-electron chi connectivity index (χ2n) is 5.51. The Labute approximate surface area is 152 Å². The van der Waals surface area contributed by atoms with E-state index in [1.807, 2.05) is 0 Å². The fourth-order valence-corrected chi connectivity index (χ4v) is 3.48. The van der Waals surface area contributed by atoms with Crippen molar-refractivity contribution in [2.24, 2.45) is 0 Å². The molecule has 7 nitrogen and oxygen atoms in total. The van der Waals surface area contributed by atoms with Crippen molar-refractivity contribution in [2.45, 2.75) is 0 Å². The number of amides is 1. The van der Waals surface area contributed by atoms with Gasteiger partial charge in [-0.05, 0) is 36.4 Å². The molecule has 2 aromatic carbocycles. The van der Waals surface area contributed by atoms with Crippen molar-refractivity contribution in [1.29, 1.82) is 0 Å². The molecule has 1 aliphatic rings. The van der Waals surface area contributed by atoms with Gasteiger partial charge in [0, 0.05) is 5.56 Å². The summed E-state index contributed by atoms with van der Waals surface area (Å²) in [5.41, 5.74) is 1.58. The number of fused-ring (bicyclic) bond motifs is 2. The molecule has 0 saturated heterocycles. The summed E-state index contributed by atoms with van der Waals surface area (Å²) in [5, 5.41) is 3.22. The van der Waals surface area contributed by atoms with Crippen LogP contribution in [0.1, 0.15) is 20.7 Å². The van der Waals surface area contributed by atoms with Gasteiger partial charge in [0.25, 0.3) is 5.91 Å². The van der Waals surface area contributed by atoms with Crippen LogP contribution in [0.3, 0.4) is 0 Å². The lowest BCUT2D eigenvalue weighted by atomic mass is 10.2. The monoisotopic (exact) mass is 370 g/mol. The number of aromatic nitrogens is 1. The van der Waals surface area contributed by atoms with E-state index >= 15 is 0 Å². The fourth-order valence-electron chi connectivity index (χ4n) is 2.58. The molecule has 0 radical (unpaired) electrons. The maximum atomic E-state index is 12.5. The Morgan fingerprint density at radius 3 is 2.65 bits per heavy atom. The van der Waals surface area contributed by atoms with Crippen LogP contribution in [-0.4, -0.2) is 37.2 Å². The van der Waals surface area contributed by atoms with Gasteiger partial charge in [0.2, 0.25) is 0 Å². The van der Waals surface area contributed by atoms with Crippen molar-refractivity contribution in [3.8, 4) is 11.5 Å². The summed E-state index contributed by atoms with van der Waals surface area (Å²) in [6, 6.07) is 10.1. The number of carbonyl (C=O) groups is 2. The number of anilines is 1. The van der Waals surface area contributed by atoms with Crippen LogP contribution in [0.25, 0.3) is 10.2 Å². The van der Waals surface area contributed by atoms with E-state index in [1.165, 1.54) is 18.4 Å². The Kier molecular flexibility index (Phi) is 4.18. The van der Waals surface area contributed by atoms with Gasteiger partial charge in [0.1, 0.15) is 13.2 Å². The molecule has 0 unspecified atom stereocenters. The third-order valence-electron chi connectivity index (χ3n) is 3.83. The van der Waals surface area contributed by atoms with Crippen LogP contribution in [0, 0.1) is 0 Å². The van der Waals surface area contributed by atoms with Gasteiger partial charge in [0.15, 0.2) is 16.6 Å². The highest BCUT2D eigenvalue weighted by atomic mass is 32.1. The first-order valence-electron chi connectivity index (χ1n) is 7.84. The molecule has 1 amide bonds. The van der Waals surface area contributed by atoms with E-state index < -0.39 is 5.97 Å². The standard InChI is InChI=1S/C18H14N2O5S/c1-23-17(22)11-2-4-12-15(9-11)26-18(19-12)20-16(21)10-3-5-13-14(8-10)25-7-6-24-13/h2-5,8-9H,6-7H2,1H3,(H,19,20,21). The van der Waals surface area contributed by atoms with E-state index in [2.05, 4.69) is 10.3 Å². The molecular weight excluding hydrogens is 356 g/mol. The number of methoxy groups -OCH3 is 1. The van der Waals surface area contributed by atoms with Gasteiger partial charge in [0.05, 0.1) is 22.9 Å². The van der Waals surface area contributed by atoms with Crippen molar-refractivity contribution >= 4 is 38.6 Å². The zero-order valence-corrected chi connectivity index (χ0v) is 14.6. The van der Waals surface area contributed by atoms with Gasteiger partial charge >= 0.3 is 5.97 Å². The second-order valence-corrected chi connectivity index (χ2v) is 6.54. The van der Waals surface area contributed by atoms with Crippen LogP contribution in [0.5, 0.6) is 11.5 Å². The molecule has 3 aromatic rings. The van der Waals surface area contributed by atoms with Crippen molar-refractivity contribution in [3.05, 3.63) is 47.5 Å². The summed E-state index contributed by atoms with van der Waals surface area (Å²) in [7, 11) is 1.33. The lowest BCUT2D eigenvalue weighted by Gasteiger charge is -2.18. The van der Waals surface area contributed by atoms with Gasteiger partial charge in [-0.3, -0.25) is 10.1 Å². The number of nitrogens with one attached hydrogen (secondary N) is 1. The first-order valence-corrected chi connectivity index (χ1v) is 8.65. The van der Waals surface area contributed by atoms with Crippen LogP contribution in [0.4, 0.5) is 5.13 Å². The number of benzene rings is 2. The molecule has 8 heteroatoms. The predicted octanol–water partition coefficient (Wildman–Crippen LogP) is 3.11. The number of thiazole rings is 1. The molecule has 0 spiro atoms. The fraction of sp³-hybridized carbons (Fsp3) is 0.167.